The van der Waals surface area contributed by atoms with Crippen molar-refractivity contribution in [3.63, 3.8) is 0 Å². The van der Waals surface area contributed by atoms with Crippen molar-refractivity contribution in [1.29, 1.82) is 0 Å². The van der Waals surface area contributed by atoms with E-state index in [9.17, 15) is 14.9 Å². The summed E-state index contributed by atoms with van der Waals surface area (Å²) in [5.74, 6) is 2.46. The van der Waals surface area contributed by atoms with Crippen LogP contribution in [0.1, 0.15) is 36.4 Å². The van der Waals surface area contributed by atoms with E-state index in [0.717, 1.165) is 29.7 Å². The molecule has 1 atom stereocenters. The van der Waals surface area contributed by atoms with E-state index in [4.69, 9.17) is 14.6 Å². The molecule has 0 bridgehead atoms. The average Bonchev–Trinajstić information content (AvgIpc) is 3.28. The van der Waals surface area contributed by atoms with Crippen LogP contribution in [0.5, 0.6) is 11.5 Å². The molecule has 1 unspecified atom stereocenters. The molecule has 1 aromatic heterocycles. The van der Waals surface area contributed by atoms with Crippen molar-refractivity contribution < 1.29 is 19.2 Å². The number of nitro groups is 1. The number of hydrogen-bond acceptors (Lipinski definition) is 9. The van der Waals surface area contributed by atoms with Crippen LogP contribution in [0.25, 0.3) is 0 Å². The molecule has 0 saturated carbocycles. The van der Waals surface area contributed by atoms with E-state index in [0.29, 0.717) is 40.4 Å². The van der Waals surface area contributed by atoms with Gasteiger partial charge in [0.2, 0.25) is 11.1 Å². The summed E-state index contributed by atoms with van der Waals surface area (Å²) in [5, 5.41) is 19.5. The highest BCUT2D eigenvalue weighted by Gasteiger charge is 2.38. The van der Waals surface area contributed by atoms with Crippen LogP contribution in [0.4, 0.5) is 11.6 Å². The fourth-order valence-corrected chi connectivity index (χ4v) is 5.19. The number of methoxy groups -OCH3 is 2. The quantitative estimate of drug-likeness (QED) is 0.288. The number of aromatic nitrogens is 3. The Morgan fingerprint density at radius 2 is 1.97 bits per heavy atom. The highest BCUT2D eigenvalue weighted by molar-refractivity contribution is 7.98. The number of hydrogen-bond donors (Lipinski definition) is 1. The van der Waals surface area contributed by atoms with E-state index in [-0.39, 0.29) is 11.5 Å². The Morgan fingerprint density at radius 3 is 2.69 bits per heavy atom. The zero-order valence-electron chi connectivity index (χ0n) is 19.2. The van der Waals surface area contributed by atoms with Crippen LogP contribution in [0.2, 0.25) is 0 Å². The Kier molecular flexibility index (Phi) is 6.16. The molecule has 2 heterocycles. The number of thioether (sulfide) groups is 1. The summed E-state index contributed by atoms with van der Waals surface area (Å²) >= 11 is 1.42. The maximum atomic E-state index is 13.1. The largest absolute Gasteiger partial charge is 0.497 e. The number of benzene rings is 2. The Labute approximate surface area is 205 Å². The van der Waals surface area contributed by atoms with E-state index >= 15 is 0 Å². The SMILES string of the molecule is COc1ccc(OC)c(C2C3=C(CCCC3=O)Nc3nc(SCc4ccc([N+](=O)[O-])cc4)nn32)c1. The molecular weight excluding hydrogens is 470 g/mol. The van der Waals surface area contributed by atoms with Gasteiger partial charge >= 0.3 is 0 Å². The summed E-state index contributed by atoms with van der Waals surface area (Å²) in [6, 6.07) is 11.4. The van der Waals surface area contributed by atoms with Gasteiger partial charge in [0, 0.05) is 41.1 Å². The number of nitrogens with zero attached hydrogens (tertiary/aromatic N) is 4. The van der Waals surface area contributed by atoms with E-state index in [1.54, 1.807) is 31.0 Å². The zero-order chi connectivity index (χ0) is 24.5. The van der Waals surface area contributed by atoms with E-state index in [1.807, 2.05) is 18.2 Å². The van der Waals surface area contributed by atoms with Crippen molar-refractivity contribution in [3.8, 4) is 11.5 Å². The predicted molar refractivity (Wildman–Crippen MR) is 130 cm³/mol. The first-order valence-corrected chi connectivity index (χ1v) is 12.0. The van der Waals surface area contributed by atoms with Gasteiger partial charge in [0.25, 0.3) is 5.69 Å². The lowest BCUT2D eigenvalue weighted by molar-refractivity contribution is -0.384. The van der Waals surface area contributed by atoms with Crippen molar-refractivity contribution in [2.24, 2.45) is 0 Å². The maximum Gasteiger partial charge on any atom is 0.269 e. The smallest absolute Gasteiger partial charge is 0.269 e. The van der Waals surface area contributed by atoms with Gasteiger partial charge in [0.15, 0.2) is 5.78 Å². The number of allylic oxidation sites excluding steroid dienone is 2. The Bertz CT molecular complexity index is 1330. The molecule has 35 heavy (non-hydrogen) atoms. The average molecular weight is 494 g/mol. The number of carbonyl (C=O) groups excluding carboxylic acids is 1. The number of rotatable bonds is 7. The molecule has 0 saturated heterocycles. The van der Waals surface area contributed by atoms with Crippen molar-refractivity contribution in [2.45, 2.75) is 36.2 Å². The topological polar surface area (TPSA) is 121 Å². The first kappa shape index (κ1) is 22.9. The Hall–Kier alpha value is -3.86. The van der Waals surface area contributed by atoms with E-state index in [2.05, 4.69) is 10.3 Å². The molecule has 1 aliphatic heterocycles. The Balaban J connectivity index is 1.51. The van der Waals surface area contributed by atoms with Gasteiger partial charge < -0.3 is 14.8 Å². The summed E-state index contributed by atoms with van der Waals surface area (Å²) in [5.41, 5.74) is 3.28. The lowest BCUT2D eigenvalue weighted by atomic mass is 9.85. The normalized spacial score (nSPS) is 16.9. The highest BCUT2D eigenvalue weighted by atomic mass is 32.2. The van der Waals surface area contributed by atoms with Gasteiger partial charge in [0.1, 0.15) is 17.5 Å². The monoisotopic (exact) mass is 493 g/mol. The molecule has 10 nitrogen and oxygen atoms in total. The minimum atomic E-state index is -0.500. The number of anilines is 1. The molecule has 2 aliphatic rings. The standard InChI is InChI=1S/C24H23N5O5S/c1-33-16-10-11-20(34-2)17(12-16)22-21-18(4-3-5-19(21)30)25-23-26-24(27-28(22)23)35-13-14-6-8-15(9-7-14)29(31)32/h6-12,22H,3-5,13H2,1-2H3,(H,25,26,27). The van der Waals surface area contributed by atoms with Crippen LogP contribution < -0.4 is 14.8 Å². The molecule has 0 spiro atoms. The van der Waals surface area contributed by atoms with Crippen LogP contribution in [0.3, 0.4) is 0 Å². The van der Waals surface area contributed by atoms with E-state index < -0.39 is 11.0 Å². The maximum absolute atomic E-state index is 13.1. The predicted octanol–water partition coefficient (Wildman–Crippen LogP) is 4.52. The van der Waals surface area contributed by atoms with Crippen molar-refractivity contribution in [3.05, 3.63) is 75.0 Å². The molecule has 2 aromatic carbocycles. The lowest BCUT2D eigenvalue weighted by Gasteiger charge is -2.32. The van der Waals surface area contributed by atoms with Gasteiger partial charge in [-0.1, -0.05) is 23.9 Å². The highest BCUT2D eigenvalue weighted by Crippen LogP contribution is 2.44. The van der Waals surface area contributed by atoms with Crippen LogP contribution in [0, 0.1) is 10.1 Å². The van der Waals surface area contributed by atoms with Crippen molar-refractivity contribution in [1.82, 2.24) is 14.8 Å². The fraction of sp³-hybridized carbons (Fsp3) is 0.292. The summed E-state index contributed by atoms with van der Waals surface area (Å²) in [6.07, 6.45) is 2.01. The summed E-state index contributed by atoms with van der Waals surface area (Å²) in [4.78, 5) is 28.2. The number of fused-ring (bicyclic) bond motifs is 1. The third-order valence-electron chi connectivity index (χ3n) is 6.10. The minimum Gasteiger partial charge on any atom is -0.497 e. The summed E-state index contributed by atoms with van der Waals surface area (Å²) in [7, 11) is 3.19. The zero-order valence-corrected chi connectivity index (χ0v) is 20.0. The van der Waals surface area contributed by atoms with Gasteiger partial charge in [-0.15, -0.1) is 5.10 Å². The number of non-ortho nitro benzene ring substituents is 1. The lowest BCUT2D eigenvalue weighted by Crippen LogP contribution is -2.31. The fourth-order valence-electron chi connectivity index (χ4n) is 4.40. The third-order valence-corrected chi connectivity index (χ3v) is 7.00. The number of nitro benzene ring substituents is 1. The van der Waals surface area contributed by atoms with E-state index in [1.165, 1.54) is 23.9 Å². The molecule has 3 aromatic rings. The van der Waals surface area contributed by atoms with Gasteiger partial charge in [-0.2, -0.15) is 4.98 Å². The number of nitrogens with one attached hydrogen (secondary N) is 1. The number of ether oxygens (including phenoxy) is 2. The Morgan fingerprint density at radius 1 is 1.17 bits per heavy atom. The van der Waals surface area contributed by atoms with Gasteiger partial charge in [0.05, 0.1) is 19.1 Å². The summed E-state index contributed by atoms with van der Waals surface area (Å²) < 4.78 is 12.8. The number of Topliss-reactive ketones (excluding diaryl/α,β-unsaturated/α-hetero) is 1. The van der Waals surface area contributed by atoms with Crippen LogP contribution >= 0.6 is 11.8 Å². The third kappa shape index (κ3) is 4.34. The molecule has 0 fully saturated rings. The molecule has 11 heteroatoms. The second kappa shape index (κ2) is 9.41. The second-order valence-corrected chi connectivity index (χ2v) is 9.12. The van der Waals surface area contributed by atoms with Crippen LogP contribution in [-0.2, 0) is 10.5 Å². The first-order chi connectivity index (χ1) is 17.0. The molecule has 0 amide bonds. The van der Waals surface area contributed by atoms with Gasteiger partial charge in [-0.3, -0.25) is 14.9 Å². The van der Waals surface area contributed by atoms with Crippen molar-refractivity contribution in [2.75, 3.05) is 19.5 Å². The first-order valence-electron chi connectivity index (χ1n) is 11.1. The molecular formula is C24H23N5O5S. The van der Waals surface area contributed by atoms with Gasteiger partial charge in [-0.25, -0.2) is 4.68 Å². The number of ketones is 1. The van der Waals surface area contributed by atoms with Crippen LogP contribution in [0.15, 0.2) is 58.9 Å². The van der Waals surface area contributed by atoms with Gasteiger partial charge in [-0.05, 0) is 36.6 Å². The molecule has 0 radical (unpaired) electrons. The number of carbonyl (C=O) groups is 1. The minimum absolute atomic E-state index is 0.0509. The van der Waals surface area contributed by atoms with Crippen molar-refractivity contribution >= 4 is 29.2 Å². The molecule has 1 aliphatic carbocycles. The molecule has 1 N–H and O–H groups in total. The van der Waals surface area contributed by atoms with Crippen LogP contribution in [-0.4, -0.2) is 39.7 Å². The molecule has 180 valence electrons. The second-order valence-electron chi connectivity index (χ2n) is 8.18. The summed E-state index contributed by atoms with van der Waals surface area (Å²) in [6.45, 7) is 0. The molecule has 5 rings (SSSR count).